The molecule has 2 fully saturated rings. The lowest BCUT2D eigenvalue weighted by Crippen LogP contribution is -2.27. The number of thiazole rings is 1. The van der Waals surface area contributed by atoms with Crippen LogP contribution in [0.5, 0.6) is 0 Å². The van der Waals surface area contributed by atoms with Gasteiger partial charge in [-0.05, 0) is 37.8 Å². The minimum absolute atomic E-state index is 0.0330. The number of benzene rings is 1. The Kier molecular flexibility index (Phi) is 2.88. The first kappa shape index (κ1) is 13.3. The van der Waals surface area contributed by atoms with E-state index in [2.05, 4.69) is 17.2 Å². The van der Waals surface area contributed by atoms with Crippen molar-refractivity contribution < 1.29 is 4.79 Å². The summed E-state index contributed by atoms with van der Waals surface area (Å²) in [6.45, 7) is 2.59. The van der Waals surface area contributed by atoms with Gasteiger partial charge in [-0.3, -0.25) is 4.79 Å². The van der Waals surface area contributed by atoms with Crippen LogP contribution in [0.3, 0.4) is 0 Å². The smallest absolute Gasteiger partial charge is 0.226 e. The molecule has 21 heavy (non-hydrogen) atoms. The number of aryl methyl sites for hydroxylation is 1. The molecule has 108 valence electrons. The molecule has 2 saturated carbocycles. The number of aromatic nitrogens is 1. The van der Waals surface area contributed by atoms with Crippen molar-refractivity contribution in [2.75, 3.05) is 0 Å². The Hall–Kier alpha value is -1.39. The van der Waals surface area contributed by atoms with Crippen molar-refractivity contribution in [3.8, 4) is 11.3 Å². The van der Waals surface area contributed by atoms with Gasteiger partial charge < -0.3 is 5.32 Å². The second kappa shape index (κ2) is 4.55. The first-order chi connectivity index (χ1) is 10.1. The fourth-order valence-corrected chi connectivity index (χ4v) is 3.83. The molecule has 0 bridgehead atoms. The number of rotatable bonds is 4. The maximum absolute atomic E-state index is 12.0. The van der Waals surface area contributed by atoms with Crippen molar-refractivity contribution in [1.29, 1.82) is 0 Å². The first-order valence-electron chi connectivity index (χ1n) is 7.09. The zero-order valence-electron chi connectivity index (χ0n) is 11.6. The standard InChI is InChI=1S/C16H15ClN2OS/c1-9-14(10-2-4-12(17)5-3-10)19-13(21-9)8-18-15(20)16-6-11(16)7-16/h2-5,11H,6-8H2,1H3,(H,18,20). The first-order valence-corrected chi connectivity index (χ1v) is 8.28. The van der Waals surface area contributed by atoms with Gasteiger partial charge in [-0.1, -0.05) is 23.7 Å². The van der Waals surface area contributed by atoms with Crippen LogP contribution >= 0.6 is 22.9 Å². The van der Waals surface area contributed by atoms with Crippen molar-refractivity contribution in [1.82, 2.24) is 10.3 Å². The summed E-state index contributed by atoms with van der Waals surface area (Å²) >= 11 is 7.56. The maximum atomic E-state index is 12.0. The van der Waals surface area contributed by atoms with Gasteiger partial charge in [0, 0.05) is 15.5 Å². The third-order valence-electron chi connectivity index (χ3n) is 4.49. The Balaban J connectivity index is 1.48. The van der Waals surface area contributed by atoms with E-state index in [1.165, 1.54) is 0 Å². The third-order valence-corrected chi connectivity index (χ3v) is 5.72. The van der Waals surface area contributed by atoms with Gasteiger partial charge in [0.05, 0.1) is 17.7 Å². The number of halogens is 1. The van der Waals surface area contributed by atoms with Crippen LogP contribution in [-0.2, 0) is 11.3 Å². The van der Waals surface area contributed by atoms with Crippen LogP contribution in [-0.4, -0.2) is 10.9 Å². The fraction of sp³-hybridized carbons (Fsp3) is 0.375. The number of nitrogens with zero attached hydrogens (tertiary/aromatic N) is 1. The highest BCUT2D eigenvalue weighted by Crippen LogP contribution is 2.75. The van der Waals surface area contributed by atoms with Gasteiger partial charge in [-0.2, -0.15) is 0 Å². The summed E-state index contributed by atoms with van der Waals surface area (Å²) < 4.78 is 0. The van der Waals surface area contributed by atoms with Gasteiger partial charge in [0.2, 0.25) is 5.91 Å². The van der Waals surface area contributed by atoms with Gasteiger partial charge in [-0.25, -0.2) is 4.98 Å². The van der Waals surface area contributed by atoms with E-state index < -0.39 is 0 Å². The molecule has 0 saturated heterocycles. The molecular weight excluding hydrogens is 304 g/mol. The lowest BCUT2D eigenvalue weighted by atomic mass is 10.1. The fourth-order valence-electron chi connectivity index (χ4n) is 2.81. The van der Waals surface area contributed by atoms with Gasteiger partial charge >= 0.3 is 0 Å². The Morgan fingerprint density at radius 2 is 2.10 bits per heavy atom. The zero-order chi connectivity index (χ0) is 14.6. The van der Waals surface area contributed by atoms with Crippen LogP contribution < -0.4 is 5.32 Å². The van der Waals surface area contributed by atoms with E-state index in [1.807, 2.05) is 24.3 Å². The van der Waals surface area contributed by atoms with Gasteiger partial charge in [0.15, 0.2) is 0 Å². The van der Waals surface area contributed by atoms with E-state index >= 15 is 0 Å². The number of amides is 1. The summed E-state index contributed by atoms with van der Waals surface area (Å²) in [7, 11) is 0. The topological polar surface area (TPSA) is 42.0 Å². The molecule has 2 aliphatic rings. The second-order valence-electron chi connectivity index (χ2n) is 5.96. The minimum Gasteiger partial charge on any atom is -0.349 e. The van der Waals surface area contributed by atoms with Crippen molar-refractivity contribution in [2.45, 2.75) is 26.3 Å². The molecule has 1 heterocycles. The van der Waals surface area contributed by atoms with Crippen LogP contribution in [0, 0.1) is 18.3 Å². The van der Waals surface area contributed by atoms with E-state index in [9.17, 15) is 4.79 Å². The molecule has 0 unspecified atom stereocenters. The lowest BCUT2D eigenvalue weighted by molar-refractivity contribution is -0.124. The Bertz CT molecular complexity index is 716. The highest BCUT2D eigenvalue weighted by atomic mass is 35.5. The van der Waals surface area contributed by atoms with Gasteiger partial charge in [0.25, 0.3) is 0 Å². The van der Waals surface area contributed by atoms with Crippen LogP contribution in [0.4, 0.5) is 0 Å². The maximum Gasteiger partial charge on any atom is 0.226 e. The molecule has 1 N–H and O–H groups in total. The average molecular weight is 319 g/mol. The molecule has 2 aromatic rings. The zero-order valence-corrected chi connectivity index (χ0v) is 13.2. The Labute approximate surface area is 132 Å². The monoisotopic (exact) mass is 318 g/mol. The number of carbonyl (C=O) groups is 1. The van der Waals surface area contributed by atoms with Gasteiger partial charge in [-0.15, -0.1) is 11.3 Å². The van der Waals surface area contributed by atoms with E-state index in [-0.39, 0.29) is 11.3 Å². The van der Waals surface area contributed by atoms with E-state index in [0.29, 0.717) is 12.5 Å². The summed E-state index contributed by atoms with van der Waals surface area (Å²) in [6, 6.07) is 7.70. The highest BCUT2D eigenvalue weighted by Gasteiger charge is 2.74. The number of nitrogens with one attached hydrogen (secondary N) is 1. The molecule has 1 aromatic carbocycles. The molecule has 0 atom stereocenters. The molecular formula is C16H15ClN2OS. The van der Waals surface area contributed by atoms with Crippen LogP contribution in [0.25, 0.3) is 11.3 Å². The quantitative estimate of drug-likeness (QED) is 0.931. The Morgan fingerprint density at radius 1 is 1.43 bits per heavy atom. The summed E-state index contributed by atoms with van der Waals surface area (Å²) in [6.07, 6.45) is 2.18. The van der Waals surface area contributed by atoms with Crippen molar-refractivity contribution in [2.24, 2.45) is 11.3 Å². The molecule has 3 nitrogen and oxygen atoms in total. The third kappa shape index (κ3) is 2.27. The summed E-state index contributed by atoms with van der Waals surface area (Å²) in [4.78, 5) is 17.8. The molecule has 1 amide bonds. The van der Waals surface area contributed by atoms with Crippen molar-refractivity contribution in [3.05, 3.63) is 39.2 Å². The van der Waals surface area contributed by atoms with Crippen molar-refractivity contribution in [3.63, 3.8) is 0 Å². The molecule has 0 radical (unpaired) electrons. The van der Waals surface area contributed by atoms with Crippen molar-refractivity contribution >= 4 is 28.8 Å². The number of carbonyl (C=O) groups excluding carboxylic acids is 1. The molecule has 0 spiro atoms. The van der Waals surface area contributed by atoms with Crippen LogP contribution in [0.2, 0.25) is 5.02 Å². The predicted molar refractivity (Wildman–Crippen MR) is 84.3 cm³/mol. The largest absolute Gasteiger partial charge is 0.349 e. The van der Waals surface area contributed by atoms with Crippen LogP contribution in [0.1, 0.15) is 22.7 Å². The molecule has 0 aliphatic heterocycles. The number of hydrogen-bond donors (Lipinski definition) is 1. The average Bonchev–Trinajstić information content (AvgIpc) is 3.29. The van der Waals surface area contributed by atoms with E-state index in [4.69, 9.17) is 11.6 Å². The molecule has 2 aliphatic carbocycles. The van der Waals surface area contributed by atoms with Crippen LogP contribution in [0.15, 0.2) is 24.3 Å². The molecule has 4 rings (SSSR count). The summed E-state index contributed by atoms with van der Waals surface area (Å²) in [5, 5.41) is 4.71. The number of fused-ring (bicyclic) bond motifs is 1. The summed E-state index contributed by atoms with van der Waals surface area (Å²) in [5.41, 5.74) is 2.08. The highest BCUT2D eigenvalue weighted by molar-refractivity contribution is 7.12. The van der Waals surface area contributed by atoms with Gasteiger partial charge in [0.1, 0.15) is 5.01 Å². The molecule has 1 aromatic heterocycles. The predicted octanol–water partition coefficient (Wildman–Crippen LogP) is 3.80. The molecule has 5 heteroatoms. The summed E-state index contributed by atoms with van der Waals surface area (Å²) in [5.74, 6) is 0.897. The van der Waals surface area contributed by atoms with E-state index in [1.54, 1.807) is 11.3 Å². The second-order valence-corrected chi connectivity index (χ2v) is 7.69. The number of hydrogen-bond acceptors (Lipinski definition) is 3. The SMILES string of the molecule is Cc1sc(CNC(=O)C23CC2C3)nc1-c1ccc(Cl)cc1. The normalized spacial score (nSPS) is 25.3. The van der Waals surface area contributed by atoms with E-state index in [0.717, 1.165) is 39.0 Å². The lowest BCUT2D eigenvalue weighted by Gasteiger charge is -2.04. The Morgan fingerprint density at radius 3 is 2.71 bits per heavy atom. The minimum atomic E-state index is 0.0330.